The summed E-state index contributed by atoms with van der Waals surface area (Å²) in [6, 6.07) is 4.63. The molecule has 1 aromatic rings. The first kappa shape index (κ1) is 17.0. The third kappa shape index (κ3) is 3.51. The summed E-state index contributed by atoms with van der Waals surface area (Å²) in [5.74, 6) is 0.146. The topological polar surface area (TPSA) is 75.4 Å². The van der Waals surface area contributed by atoms with E-state index >= 15 is 0 Å². The fourth-order valence-electron chi connectivity index (χ4n) is 2.29. The summed E-state index contributed by atoms with van der Waals surface area (Å²) in [7, 11) is 0. The Kier molecular flexibility index (Phi) is 4.85. The van der Waals surface area contributed by atoms with Gasteiger partial charge in [-0.25, -0.2) is 0 Å². The molecule has 0 amide bonds. The average Bonchev–Trinajstić information content (AvgIpc) is 2.34. The number of rotatable bonds is 3. The Labute approximate surface area is 121 Å². The van der Waals surface area contributed by atoms with E-state index in [2.05, 4.69) is 11.0 Å². The molecule has 1 unspecified atom stereocenters. The Morgan fingerprint density at radius 3 is 2.15 bits per heavy atom. The van der Waals surface area contributed by atoms with Gasteiger partial charge in [0.25, 0.3) is 0 Å². The van der Waals surface area contributed by atoms with Gasteiger partial charge < -0.3 is 15.7 Å². The number of hydrogen-bond acceptors (Lipinski definition) is 3. The van der Waals surface area contributed by atoms with Crippen LogP contribution in [0, 0.1) is 6.07 Å². The highest BCUT2D eigenvalue weighted by Gasteiger charge is 2.30. The van der Waals surface area contributed by atoms with Crippen molar-refractivity contribution >= 4 is 0 Å². The minimum absolute atomic E-state index is 0.123. The van der Waals surface area contributed by atoms with Gasteiger partial charge in [0.2, 0.25) is 0 Å². The molecule has 0 heterocycles. The molecule has 0 aliphatic heterocycles. The predicted molar refractivity (Wildman–Crippen MR) is 78.0 cm³/mol. The fourth-order valence-corrected chi connectivity index (χ4v) is 2.29. The molecule has 0 aliphatic carbocycles. The first-order chi connectivity index (χ1) is 9.02. The van der Waals surface area contributed by atoms with Crippen LogP contribution in [0.4, 0.5) is 0 Å². The van der Waals surface area contributed by atoms with E-state index in [4.69, 9.17) is 5.73 Å². The SMILES string of the molecule is CC(C)(C)c1[c]c(O[O])cc(C(C)(C)C)c1C(O)CN. The largest absolute Gasteiger partial charge is 0.387 e. The van der Waals surface area contributed by atoms with Crippen molar-refractivity contribution in [3.63, 3.8) is 0 Å². The highest BCUT2D eigenvalue weighted by atomic mass is 17.1. The van der Waals surface area contributed by atoms with E-state index in [-0.39, 0.29) is 23.1 Å². The lowest BCUT2D eigenvalue weighted by molar-refractivity contribution is -0.209. The Hall–Kier alpha value is -1.10. The standard InChI is InChI=1S/C16H25NO3/c1-15(2,3)11-7-10(20-19)8-12(16(4,5)6)14(11)13(18)9-17/h7,13,18H,9,17H2,1-6H3. The van der Waals surface area contributed by atoms with E-state index < -0.39 is 6.10 Å². The summed E-state index contributed by atoms with van der Waals surface area (Å²) in [6.07, 6.45) is -0.782. The van der Waals surface area contributed by atoms with Crippen molar-refractivity contribution in [3.05, 3.63) is 28.8 Å². The van der Waals surface area contributed by atoms with E-state index in [1.807, 2.05) is 41.5 Å². The first-order valence-corrected chi connectivity index (χ1v) is 6.81. The molecule has 112 valence electrons. The van der Waals surface area contributed by atoms with Crippen LogP contribution in [0.1, 0.15) is 64.3 Å². The molecular formula is C16H25NO3. The van der Waals surface area contributed by atoms with Crippen LogP contribution in [0.2, 0.25) is 0 Å². The van der Waals surface area contributed by atoms with Crippen molar-refractivity contribution in [2.45, 2.75) is 58.5 Å². The molecule has 0 aromatic heterocycles. The third-order valence-electron chi connectivity index (χ3n) is 3.29. The van der Waals surface area contributed by atoms with Gasteiger partial charge in [-0.1, -0.05) is 41.5 Å². The van der Waals surface area contributed by atoms with Gasteiger partial charge in [-0.3, -0.25) is 0 Å². The van der Waals surface area contributed by atoms with Gasteiger partial charge in [0.15, 0.2) is 5.75 Å². The zero-order valence-electron chi connectivity index (χ0n) is 13.2. The maximum absolute atomic E-state index is 10.8. The van der Waals surface area contributed by atoms with E-state index in [9.17, 15) is 10.4 Å². The maximum Gasteiger partial charge on any atom is 0.177 e. The van der Waals surface area contributed by atoms with Crippen molar-refractivity contribution < 1.29 is 15.3 Å². The number of hydrogen-bond donors (Lipinski definition) is 2. The second kappa shape index (κ2) is 5.72. The molecular weight excluding hydrogens is 254 g/mol. The molecule has 3 N–H and O–H groups in total. The lowest BCUT2D eigenvalue weighted by Gasteiger charge is -2.32. The predicted octanol–water partition coefficient (Wildman–Crippen LogP) is 2.80. The molecule has 1 aromatic carbocycles. The average molecular weight is 279 g/mol. The molecule has 20 heavy (non-hydrogen) atoms. The van der Waals surface area contributed by atoms with Gasteiger partial charge in [-0.2, -0.15) is 0 Å². The smallest absolute Gasteiger partial charge is 0.177 e. The van der Waals surface area contributed by atoms with Gasteiger partial charge in [-0.15, -0.1) is 0 Å². The third-order valence-corrected chi connectivity index (χ3v) is 3.29. The van der Waals surface area contributed by atoms with Crippen LogP contribution in [0.5, 0.6) is 5.75 Å². The number of benzene rings is 1. The monoisotopic (exact) mass is 279 g/mol. The van der Waals surface area contributed by atoms with Gasteiger partial charge in [-0.05, 0) is 33.6 Å². The van der Waals surface area contributed by atoms with Crippen LogP contribution in [0.15, 0.2) is 6.07 Å². The van der Waals surface area contributed by atoms with Gasteiger partial charge in [0.05, 0.1) is 6.10 Å². The van der Waals surface area contributed by atoms with Crippen LogP contribution in [-0.4, -0.2) is 11.7 Å². The van der Waals surface area contributed by atoms with Crippen LogP contribution >= 0.6 is 0 Å². The maximum atomic E-state index is 10.8. The Balaban J connectivity index is 3.72. The number of aliphatic hydroxyl groups excluding tert-OH is 1. The Bertz CT molecular complexity index is 435. The van der Waals surface area contributed by atoms with Crippen LogP contribution in [0.25, 0.3) is 0 Å². The molecule has 2 radical (unpaired) electrons. The zero-order chi connectivity index (χ0) is 15.7. The number of nitrogens with two attached hydrogens (primary N) is 1. The highest BCUT2D eigenvalue weighted by Crippen LogP contribution is 2.39. The second-order valence-electron chi connectivity index (χ2n) is 7.17. The molecule has 1 rings (SSSR count). The molecule has 0 bridgehead atoms. The molecule has 0 saturated heterocycles. The molecule has 0 aliphatic rings. The molecule has 0 fully saturated rings. The van der Waals surface area contributed by atoms with Crippen molar-refractivity contribution in [1.29, 1.82) is 0 Å². The summed E-state index contributed by atoms with van der Waals surface area (Å²) in [5, 5.41) is 21.1. The summed E-state index contributed by atoms with van der Waals surface area (Å²) in [4.78, 5) is 4.14. The highest BCUT2D eigenvalue weighted by molar-refractivity contribution is 5.48. The van der Waals surface area contributed by atoms with E-state index in [0.29, 0.717) is 0 Å². The normalized spacial score (nSPS) is 14.2. The minimum atomic E-state index is -0.782. The van der Waals surface area contributed by atoms with Gasteiger partial charge >= 0.3 is 0 Å². The number of aliphatic hydroxyl groups is 1. The van der Waals surface area contributed by atoms with Crippen molar-refractivity contribution in [2.75, 3.05) is 6.54 Å². The van der Waals surface area contributed by atoms with E-state index in [0.717, 1.165) is 16.7 Å². The van der Waals surface area contributed by atoms with Crippen LogP contribution in [0.3, 0.4) is 0 Å². The first-order valence-electron chi connectivity index (χ1n) is 6.81. The van der Waals surface area contributed by atoms with Crippen molar-refractivity contribution in [2.24, 2.45) is 5.73 Å². The van der Waals surface area contributed by atoms with E-state index in [1.54, 1.807) is 6.07 Å². The quantitative estimate of drug-likeness (QED) is 0.660. The Morgan fingerprint density at radius 2 is 1.80 bits per heavy atom. The summed E-state index contributed by atoms with van der Waals surface area (Å²) in [6.45, 7) is 12.2. The molecule has 4 nitrogen and oxygen atoms in total. The lowest BCUT2D eigenvalue weighted by Crippen LogP contribution is -2.26. The van der Waals surface area contributed by atoms with Crippen molar-refractivity contribution in [1.82, 2.24) is 0 Å². The minimum Gasteiger partial charge on any atom is -0.387 e. The summed E-state index contributed by atoms with van der Waals surface area (Å²) >= 11 is 0. The summed E-state index contributed by atoms with van der Waals surface area (Å²) in [5.41, 5.74) is 7.52. The molecule has 4 heteroatoms. The van der Waals surface area contributed by atoms with Crippen molar-refractivity contribution in [3.8, 4) is 5.75 Å². The summed E-state index contributed by atoms with van der Waals surface area (Å²) < 4.78 is 0. The van der Waals surface area contributed by atoms with Gasteiger partial charge in [0.1, 0.15) is 0 Å². The molecule has 0 saturated carbocycles. The Morgan fingerprint density at radius 1 is 1.25 bits per heavy atom. The second-order valence-corrected chi connectivity index (χ2v) is 7.17. The lowest BCUT2D eigenvalue weighted by atomic mass is 9.74. The van der Waals surface area contributed by atoms with Crippen LogP contribution < -0.4 is 10.6 Å². The fraction of sp³-hybridized carbons (Fsp3) is 0.625. The zero-order valence-corrected chi connectivity index (χ0v) is 13.2. The van der Waals surface area contributed by atoms with Gasteiger partial charge in [0, 0.05) is 17.9 Å². The molecule has 0 spiro atoms. The molecule has 1 atom stereocenters. The van der Waals surface area contributed by atoms with Crippen LogP contribution in [-0.2, 0) is 16.1 Å². The van der Waals surface area contributed by atoms with E-state index in [1.165, 1.54) is 0 Å².